The molecule has 0 amide bonds. The number of hydrogen-bond donors (Lipinski definition) is 0. The van der Waals surface area contributed by atoms with Gasteiger partial charge in [0.2, 0.25) is 0 Å². The topological polar surface area (TPSA) is 15.8 Å². The van der Waals surface area contributed by atoms with Crippen LogP contribution in [0.4, 0.5) is 0 Å². The number of hydrogen-bond acceptors (Lipinski definition) is 2. The fourth-order valence-electron chi connectivity index (χ4n) is 2.57. The molecule has 82 valence electrons. The van der Waals surface area contributed by atoms with E-state index in [9.17, 15) is 0 Å². The van der Waals surface area contributed by atoms with Crippen LogP contribution in [0.5, 0.6) is 0 Å². The van der Waals surface area contributed by atoms with Crippen LogP contribution in [0.25, 0.3) is 0 Å². The summed E-state index contributed by atoms with van der Waals surface area (Å²) in [5, 5.41) is 0. The molecule has 0 bridgehead atoms. The van der Waals surface area contributed by atoms with Crippen molar-refractivity contribution in [2.75, 3.05) is 26.2 Å². The van der Waals surface area contributed by atoms with Gasteiger partial charge in [-0.1, -0.05) is 19.8 Å². The molecule has 2 heterocycles. The van der Waals surface area contributed by atoms with Gasteiger partial charge in [-0.2, -0.15) is 0 Å². The molecule has 2 nitrogen and oxygen atoms in total. The lowest BCUT2D eigenvalue weighted by molar-refractivity contribution is 0.246. The van der Waals surface area contributed by atoms with Gasteiger partial charge in [0.05, 0.1) is 12.7 Å². The van der Waals surface area contributed by atoms with Gasteiger partial charge in [-0.05, 0) is 38.3 Å². The number of epoxide rings is 1. The first-order valence-corrected chi connectivity index (χ1v) is 6.22. The molecule has 2 saturated heterocycles. The first kappa shape index (κ1) is 10.4. The second-order valence-corrected chi connectivity index (χ2v) is 4.84. The molecule has 0 aromatic rings. The molecule has 2 aliphatic heterocycles. The van der Waals surface area contributed by atoms with Crippen molar-refractivity contribution in [3.63, 3.8) is 0 Å². The third kappa shape index (κ3) is 3.25. The van der Waals surface area contributed by atoms with Gasteiger partial charge in [-0.25, -0.2) is 0 Å². The summed E-state index contributed by atoms with van der Waals surface area (Å²) < 4.78 is 5.28. The highest BCUT2D eigenvalue weighted by Gasteiger charge is 2.26. The molecule has 2 atom stereocenters. The molecule has 0 aliphatic carbocycles. The molecule has 0 radical (unpaired) electrons. The zero-order chi connectivity index (χ0) is 9.80. The Bertz CT molecular complexity index is 168. The average Bonchev–Trinajstić information content (AvgIpc) is 2.97. The minimum atomic E-state index is 0.581. The van der Waals surface area contributed by atoms with Gasteiger partial charge in [0.1, 0.15) is 0 Å². The maximum Gasteiger partial charge on any atom is 0.0936 e. The van der Waals surface area contributed by atoms with E-state index in [4.69, 9.17) is 4.74 Å². The lowest BCUT2D eigenvalue weighted by Gasteiger charge is -2.18. The highest BCUT2D eigenvalue weighted by atomic mass is 16.6. The van der Waals surface area contributed by atoms with Gasteiger partial charge in [0, 0.05) is 6.54 Å². The smallest absolute Gasteiger partial charge is 0.0936 e. The zero-order valence-corrected chi connectivity index (χ0v) is 9.37. The van der Waals surface area contributed by atoms with E-state index in [1.54, 1.807) is 0 Å². The monoisotopic (exact) mass is 197 g/mol. The Morgan fingerprint density at radius 1 is 1.29 bits per heavy atom. The van der Waals surface area contributed by atoms with Crippen molar-refractivity contribution in [1.29, 1.82) is 0 Å². The quantitative estimate of drug-likeness (QED) is 0.643. The molecule has 2 heteroatoms. The highest BCUT2D eigenvalue weighted by Crippen LogP contribution is 2.23. The van der Waals surface area contributed by atoms with E-state index in [1.807, 2.05) is 0 Å². The van der Waals surface area contributed by atoms with Gasteiger partial charge < -0.3 is 9.64 Å². The first-order valence-electron chi connectivity index (χ1n) is 6.22. The van der Waals surface area contributed by atoms with Crippen LogP contribution in [0.1, 0.15) is 39.0 Å². The minimum absolute atomic E-state index is 0.581. The van der Waals surface area contributed by atoms with Gasteiger partial charge in [-0.3, -0.25) is 0 Å². The molecule has 2 rings (SSSR count). The molecule has 0 aromatic carbocycles. The van der Waals surface area contributed by atoms with Crippen LogP contribution in [-0.2, 0) is 4.74 Å². The predicted octanol–water partition coefficient (Wildman–Crippen LogP) is 2.29. The van der Waals surface area contributed by atoms with E-state index in [0.717, 1.165) is 12.5 Å². The molecule has 0 saturated carbocycles. The maximum atomic E-state index is 5.28. The van der Waals surface area contributed by atoms with Gasteiger partial charge >= 0.3 is 0 Å². The third-order valence-electron chi connectivity index (χ3n) is 3.50. The molecule has 2 fully saturated rings. The molecule has 2 aliphatic rings. The van der Waals surface area contributed by atoms with Crippen molar-refractivity contribution in [1.82, 2.24) is 4.90 Å². The zero-order valence-electron chi connectivity index (χ0n) is 9.37. The Kier molecular flexibility index (Phi) is 3.82. The summed E-state index contributed by atoms with van der Waals surface area (Å²) in [6, 6.07) is 0. The molecule has 0 spiro atoms. The molecule has 0 aromatic heterocycles. The summed E-state index contributed by atoms with van der Waals surface area (Å²) >= 11 is 0. The second kappa shape index (κ2) is 5.13. The van der Waals surface area contributed by atoms with Crippen molar-refractivity contribution in [2.45, 2.75) is 45.1 Å². The summed E-state index contributed by atoms with van der Waals surface area (Å²) in [5.74, 6) is 1.00. The molecular formula is C12H23NO. The largest absolute Gasteiger partial charge is 0.372 e. The van der Waals surface area contributed by atoms with E-state index in [-0.39, 0.29) is 0 Å². The number of ether oxygens (including phenoxy) is 1. The summed E-state index contributed by atoms with van der Waals surface area (Å²) in [6.07, 6.45) is 7.65. The normalized spacial score (nSPS) is 34.1. The molecule has 14 heavy (non-hydrogen) atoms. The van der Waals surface area contributed by atoms with Crippen LogP contribution in [-0.4, -0.2) is 37.2 Å². The van der Waals surface area contributed by atoms with Gasteiger partial charge in [0.15, 0.2) is 0 Å². The number of likely N-dealkylation sites (tertiary alicyclic amines) is 1. The summed E-state index contributed by atoms with van der Waals surface area (Å²) in [6.45, 7) is 7.12. The summed E-state index contributed by atoms with van der Waals surface area (Å²) in [4.78, 5) is 2.60. The lowest BCUT2D eigenvalue weighted by Crippen LogP contribution is -2.28. The predicted molar refractivity (Wildman–Crippen MR) is 58.4 cm³/mol. The molecular weight excluding hydrogens is 174 g/mol. The van der Waals surface area contributed by atoms with Crippen LogP contribution in [0.3, 0.4) is 0 Å². The lowest BCUT2D eigenvalue weighted by atomic mass is 9.96. The Labute approximate surface area is 87.6 Å². The summed E-state index contributed by atoms with van der Waals surface area (Å²) in [5.41, 5.74) is 0. The third-order valence-corrected chi connectivity index (χ3v) is 3.50. The SMILES string of the molecule is CCCC1CCCN(CC2CO2)CC1. The average molecular weight is 197 g/mol. The van der Waals surface area contributed by atoms with Crippen molar-refractivity contribution < 1.29 is 4.74 Å². The van der Waals surface area contributed by atoms with E-state index in [1.165, 1.54) is 51.7 Å². The number of nitrogens with zero attached hydrogens (tertiary/aromatic N) is 1. The highest BCUT2D eigenvalue weighted by molar-refractivity contribution is 4.77. The maximum absolute atomic E-state index is 5.28. The van der Waals surface area contributed by atoms with Crippen LogP contribution in [0, 0.1) is 5.92 Å². The van der Waals surface area contributed by atoms with E-state index < -0.39 is 0 Å². The van der Waals surface area contributed by atoms with E-state index >= 15 is 0 Å². The van der Waals surface area contributed by atoms with Gasteiger partial charge in [0.25, 0.3) is 0 Å². The van der Waals surface area contributed by atoms with Crippen LogP contribution >= 0.6 is 0 Å². The fourth-order valence-corrected chi connectivity index (χ4v) is 2.57. The van der Waals surface area contributed by atoms with Crippen molar-refractivity contribution in [3.8, 4) is 0 Å². The van der Waals surface area contributed by atoms with E-state index in [2.05, 4.69) is 11.8 Å². The summed E-state index contributed by atoms with van der Waals surface area (Å²) in [7, 11) is 0. The number of rotatable bonds is 4. The Morgan fingerprint density at radius 3 is 2.86 bits per heavy atom. The van der Waals surface area contributed by atoms with Crippen LogP contribution in [0.15, 0.2) is 0 Å². The van der Waals surface area contributed by atoms with Crippen molar-refractivity contribution >= 4 is 0 Å². The fraction of sp³-hybridized carbons (Fsp3) is 1.00. The van der Waals surface area contributed by atoms with Crippen molar-refractivity contribution in [2.24, 2.45) is 5.92 Å². The minimum Gasteiger partial charge on any atom is -0.372 e. The standard InChI is InChI=1S/C12H23NO/c1-2-4-11-5-3-7-13(8-6-11)9-12-10-14-12/h11-12H,2-10H2,1H3. The van der Waals surface area contributed by atoms with Crippen LogP contribution < -0.4 is 0 Å². The Morgan fingerprint density at radius 2 is 2.14 bits per heavy atom. The van der Waals surface area contributed by atoms with Gasteiger partial charge in [-0.15, -0.1) is 0 Å². The second-order valence-electron chi connectivity index (χ2n) is 4.84. The van der Waals surface area contributed by atoms with Crippen molar-refractivity contribution in [3.05, 3.63) is 0 Å². The Balaban J connectivity index is 1.69. The van der Waals surface area contributed by atoms with Crippen LogP contribution in [0.2, 0.25) is 0 Å². The Hall–Kier alpha value is -0.0800. The molecule has 2 unspecified atom stereocenters. The molecule has 0 N–H and O–H groups in total. The van der Waals surface area contributed by atoms with E-state index in [0.29, 0.717) is 6.10 Å². The first-order chi connectivity index (χ1) is 6.88.